The summed E-state index contributed by atoms with van der Waals surface area (Å²) in [6.07, 6.45) is 1.02. The third kappa shape index (κ3) is 5.19. The number of methoxy groups -OCH3 is 2. The van der Waals surface area contributed by atoms with Gasteiger partial charge in [-0.1, -0.05) is 29.8 Å². The van der Waals surface area contributed by atoms with Gasteiger partial charge in [0, 0.05) is 21.6 Å². The molecular weight excluding hydrogens is 330 g/mol. The standard InChI is InChI=1S/C17H28BrNO2/c1-16(2,3)19-9-8-17(4,5)15-13(18)10-12(20-6)11-14(15)21-7/h10-11,19H,8-9H2,1-7H3. The van der Waals surface area contributed by atoms with Crippen LogP contribution in [0.1, 0.15) is 46.6 Å². The van der Waals surface area contributed by atoms with Crippen LogP contribution >= 0.6 is 15.9 Å². The molecule has 1 rings (SSSR count). The average Bonchev–Trinajstić information content (AvgIpc) is 2.35. The third-order valence-electron chi connectivity index (χ3n) is 3.57. The van der Waals surface area contributed by atoms with Gasteiger partial charge in [0.05, 0.1) is 14.2 Å². The van der Waals surface area contributed by atoms with Crippen molar-refractivity contribution in [1.82, 2.24) is 5.32 Å². The van der Waals surface area contributed by atoms with E-state index in [1.807, 2.05) is 12.1 Å². The Morgan fingerprint density at radius 3 is 2.14 bits per heavy atom. The molecule has 0 aliphatic heterocycles. The van der Waals surface area contributed by atoms with E-state index in [0.29, 0.717) is 0 Å². The summed E-state index contributed by atoms with van der Waals surface area (Å²) >= 11 is 3.67. The fourth-order valence-corrected chi connectivity index (χ4v) is 3.33. The Balaban J connectivity index is 3.01. The van der Waals surface area contributed by atoms with Crippen LogP contribution in [0, 0.1) is 0 Å². The molecule has 4 heteroatoms. The van der Waals surface area contributed by atoms with Crippen molar-refractivity contribution in [1.29, 1.82) is 0 Å². The summed E-state index contributed by atoms with van der Waals surface area (Å²) in [4.78, 5) is 0. The summed E-state index contributed by atoms with van der Waals surface area (Å²) in [5.74, 6) is 1.66. The zero-order valence-electron chi connectivity index (χ0n) is 14.3. The number of benzene rings is 1. The molecular formula is C17H28BrNO2. The number of hydrogen-bond acceptors (Lipinski definition) is 3. The lowest BCUT2D eigenvalue weighted by Gasteiger charge is -2.30. The largest absolute Gasteiger partial charge is 0.497 e. The summed E-state index contributed by atoms with van der Waals surface area (Å²) in [7, 11) is 3.37. The van der Waals surface area contributed by atoms with E-state index < -0.39 is 0 Å². The Morgan fingerprint density at radius 2 is 1.67 bits per heavy atom. The molecule has 0 aromatic heterocycles. The predicted molar refractivity (Wildman–Crippen MR) is 92.6 cm³/mol. The molecule has 3 nitrogen and oxygen atoms in total. The first-order valence-corrected chi connectivity index (χ1v) is 8.07. The highest BCUT2D eigenvalue weighted by atomic mass is 79.9. The first-order valence-electron chi connectivity index (χ1n) is 7.28. The van der Waals surface area contributed by atoms with Gasteiger partial charge in [-0.25, -0.2) is 0 Å². The summed E-state index contributed by atoms with van der Waals surface area (Å²) < 4.78 is 11.9. The molecule has 0 aliphatic rings. The Hall–Kier alpha value is -0.740. The fourth-order valence-electron chi connectivity index (χ4n) is 2.37. The second kappa shape index (κ2) is 7.01. The highest BCUT2D eigenvalue weighted by Gasteiger charge is 2.28. The van der Waals surface area contributed by atoms with Gasteiger partial charge in [-0.2, -0.15) is 0 Å². The van der Waals surface area contributed by atoms with E-state index in [-0.39, 0.29) is 11.0 Å². The summed E-state index contributed by atoms with van der Waals surface area (Å²) in [6, 6.07) is 3.94. The lowest BCUT2D eigenvalue weighted by molar-refractivity contribution is 0.355. The SMILES string of the molecule is COc1cc(Br)c(C(C)(C)CCNC(C)(C)C)c(OC)c1. The normalized spacial score (nSPS) is 12.4. The van der Waals surface area contributed by atoms with Gasteiger partial charge in [0.25, 0.3) is 0 Å². The van der Waals surface area contributed by atoms with Gasteiger partial charge in [0.2, 0.25) is 0 Å². The predicted octanol–water partition coefficient (Wildman–Crippen LogP) is 4.52. The van der Waals surface area contributed by atoms with Crippen LogP contribution in [-0.2, 0) is 5.41 Å². The Bertz CT molecular complexity index is 478. The van der Waals surface area contributed by atoms with Crippen molar-refractivity contribution in [3.8, 4) is 11.5 Å². The molecule has 1 aromatic carbocycles. The Labute approximate surface area is 137 Å². The van der Waals surface area contributed by atoms with Gasteiger partial charge in [-0.3, -0.25) is 0 Å². The van der Waals surface area contributed by atoms with Crippen molar-refractivity contribution in [3.05, 3.63) is 22.2 Å². The molecule has 1 aromatic rings. The third-order valence-corrected chi connectivity index (χ3v) is 4.19. The van der Waals surface area contributed by atoms with E-state index in [0.717, 1.165) is 28.9 Å². The van der Waals surface area contributed by atoms with Crippen molar-refractivity contribution in [2.45, 2.75) is 52.0 Å². The fraction of sp³-hybridized carbons (Fsp3) is 0.647. The van der Waals surface area contributed by atoms with Gasteiger partial charge >= 0.3 is 0 Å². The zero-order valence-corrected chi connectivity index (χ0v) is 15.8. The van der Waals surface area contributed by atoms with Crippen molar-refractivity contribution in [3.63, 3.8) is 0 Å². The monoisotopic (exact) mass is 357 g/mol. The van der Waals surface area contributed by atoms with Crippen LogP contribution in [0.4, 0.5) is 0 Å². The first kappa shape index (κ1) is 18.3. The number of ether oxygens (including phenoxy) is 2. The second-order valence-corrected chi connectivity index (χ2v) is 7.85. The molecule has 0 fully saturated rings. The molecule has 0 spiro atoms. The number of nitrogens with one attached hydrogen (secondary N) is 1. The molecule has 0 radical (unpaired) electrons. The zero-order chi connectivity index (χ0) is 16.3. The number of rotatable bonds is 6. The summed E-state index contributed by atoms with van der Waals surface area (Å²) in [5.41, 5.74) is 1.31. The molecule has 0 aliphatic carbocycles. The minimum Gasteiger partial charge on any atom is -0.497 e. The van der Waals surface area contributed by atoms with Crippen LogP contribution in [0.5, 0.6) is 11.5 Å². The van der Waals surface area contributed by atoms with Gasteiger partial charge in [0.15, 0.2) is 0 Å². The minimum atomic E-state index is -0.00526. The maximum Gasteiger partial charge on any atom is 0.127 e. The van der Waals surface area contributed by atoms with Gasteiger partial charge < -0.3 is 14.8 Å². The van der Waals surface area contributed by atoms with Crippen LogP contribution in [-0.4, -0.2) is 26.3 Å². The molecule has 0 unspecified atom stereocenters. The van der Waals surface area contributed by atoms with Gasteiger partial charge in [-0.05, 0) is 45.2 Å². The number of halogens is 1. The van der Waals surface area contributed by atoms with Crippen molar-refractivity contribution in [2.24, 2.45) is 0 Å². The van der Waals surface area contributed by atoms with Crippen molar-refractivity contribution >= 4 is 15.9 Å². The molecule has 1 N–H and O–H groups in total. The van der Waals surface area contributed by atoms with Crippen molar-refractivity contribution < 1.29 is 9.47 Å². The highest BCUT2D eigenvalue weighted by molar-refractivity contribution is 9.10. The van der Waals surface area contributed by atoms with Crippen LogP contribution in [0.15, 0.2) is 16.6 Å². The summed E-state index contributed by atoms with van der Waals surface area (Å²) in [6.45, 7) is 12.0. The number of hydrogen-bond donors (Lipinski definition) is 1. The summed E-state index contributed by atoms with van der Waals surface area (Å²) in [5, 5.41) is 3.55. The van der Waals surface area contributed by atoms with E-state index in [2.05, 4.69) is 55.9 Å². The van der Waals surface area contributed by atoms with Crippen molar-refractivity contribution in [2.75, 3.05) is 20.8 Å². The van der Waals surface area contributed by atoms with E-state index in [4.69, 9.17) is 9.47 Å². The molecule has 0 atom stereocenters. The van der Waals surface area contributed by atoms with Crippen LogP contribution in [0.3, 0.4) is 0 Å². The van der Waals surface area contributed by atoms with Gasteiger partial charge in [-0.15, -0.1) is 0 Å². The van der Waals surface area contributed by atoms with E-state index in [1.54, 1.807) is 14.2 Å². The maximum atomic E-state index is 5.57. The quantitative estimate of drug-likeness (QED) is 0.811. The molecule has 21 heavy (non-hydrogen) atoms. The maximum absolute atomic E-state index is 5.57. The molecule has 0 saturated carbocycles. The molecule has 0 saturated heterocycles. The van der Waals surface area contributed by atoms with Crippen LogP contribution in [0.2, 0.25) is 0 Å². The Morgan fingerprint density at radius 1 is 1.05 bits per heavy atom. The van der Waals surface area contributed by atoms with E-state index in [1.165, 1.54) is 5.56 Å². The lowest BCUT2D eigenvalue weighted by atomic mass is 9.80. The first-order chi connectivity index (χ1) is 9.60. The highest BCUT2D eigenvalue weighted by Crippen LogP contribution is 2.42. The molecule has 0 heterocycles. The molecule has 0 amide bonds. The Kier molecular flexibility index (Phi) is 6.11. The minimum absolute atomic E-state index is 0.00526. The van der Waals surface area contributed by atoms with E-state index >= 15 is 0 Å². The van der Waals surface area contributed by atoms with Crippen LogP contribution in [0.25, 0.3) is 0 Å². The smallest absolute Gasteiger partial charge is 0.127 e. The van der Waals surface area contributed by atoms with Gasteiger partial charge in [0.1, 0.15) is 11.5 Å². The van der Waals surface area contributed by atoms with E-state index in [9.17, 15) is 0 Å². The molecule has 120 valence electrons. The topological polar surface area (TPSA) is 30.5 Å². The second-order valence-electron chi connectivity index (χ2n) is 7.00. The average molecular weight is 358 g/mol. The van der Waals surface area contributed by atoms with Crippen LogP contribution < -0.4 is 14.8 Å². The lowest BCUT2D eigenvalue weighted by Crippen LogP contribution is -2.38. The molecule has 0 bridgehead atoms.